The molecule has 1 aromatic heterocycles. The van der Waals surface area contributed by atoms with Crippen molar-refractivity contribution in [1.82, 2.24) is 20.9 Å². The second kappa shape index (κ2) is 12.7. The Morgan fingerprint density at radius 1 is 0.944 bits per heavy atom. The molecule has 12 nitrogen and oxygen atoms in total. The highest BCUT2D eigenvalue weighted by molar-refractivity contribution is 5.96. The maximum atomic E-state index is 13.0. The van der Waals surface area contributed by atoms with Crippen molar-refractivity contribution in [3.8, 4) is 0 Å². The number of fused-ring (bicyclic) bond motifs is 1. The molecule has 36 heavy (non-hydrogen) atoms. The summed E-state index contributed by atoms with van der Waals surface area (Å²) >= 11 is 0. The molecule has 0 fully saturated rings. The number of carboxylic acid groups (broad SMARTS) is 1. The van der Waals surface area contributed by atoms with Gasteiger partial charge in [-0.3, -0.25) is 24.0 Å². The van der Waals surface area contributed by atoms with Gasteiger partial charge in [0.1, 0.15) is 18.1 Å². The highest BCUT2D eigenvalue weighted by atomic mass is 16.4. The molecule has 0 saturated heterocycles. The summed E-state index contributed by atoms with van der Waals surface area (Å²) in [5.41, 5.74) is 13.1. The normalized spacial score (nSPS) is 14.5. The Labute approximate surface area is 208 Å². The Morgan fingerprint density at radius 2 is 1.56 bits per heavy atom. The lowest BCUT2D eigenvalue weighted by Crippen LogP contribution is -2.57. The van der Waals surface area contributed by atoms with E-state index in [4.69, 9.17) is 16.6 Å². The zero-order valence-corrected chi connectivity index (χ0v) is 20.5. The van der Waals surface area contributed by atoms with Gasteiger partial charge in [0, 0.05) is 17.1 Å². The summed E-state index contributed by atoms with van der Waals surface area (Å²) in [5.74, 6) is -4.30. The maximum Gasteiger partial charge on any atom is 0.325 e. The Balaban J connectivity index is 2.11. The van der Waals surface area contributed by atoms with Gasteiger partial charge in [-0.05, 0) is 37.3 Å². The van der Waals surface area contributed by atoms with Crippen molar-refractivity contribution < 1.29 is 29.1 Å². The number of carbonyl (C=O) groups excluding carboxylic acids is 4. The van der Waals surface area contributed by atoms with Gasteiger partial charge >= 0.3 is 5.97 Å². The van der Waals surface area contributed by atoms with Gasteiger partial charge in [0.25, 0.3) is 0 Å². The van der Waals surface area contributed by atoms with Gasteiger partial charge < -0.3 is 37.5 Å². The molecule has 1 heterocycles. The third kappa shape index (κ3) is 8.08. The molecule has 0 saturated carbocycles. The van der Waals surface area contributed by atoms with Crippen LogP contribution < -0.4 is 27.4 Å². The number of aromatic amines is 1. The number of rotatable bonds is 13. The SMILES string of the molecule is CC(C)CC(NC(=O)C(CC(N)=O)NC(=O)C(N)Cc1c[nH]c2ccccc12)C(=O)NC(C)C(=O)O. The Morgan fingerprint density at radius 3 is 2.17 bits per heavy atom. The van der Waals surface area contributed by atoms with Crippen LogP contribution in [0.1, 0.15) is 39.2 Å². The van der Waals surface area contributed by atoms with Crippen LogP contribution in [0.25, 0.3) is 10.9 Å². The number of H-pyrrole nitrogens is 1. The molecule has 2 rings (SSSR count). The first-order valence-electron chi connectivity index (χ1n) is 11.6. The van der Waals surface area contributed by atoms with E-state index < -0.39 is 60.2 Å². The molecule has 2 aromatic rings. The van der Waals surface area contributed by atoms with Crippen molar-refractivity contribution in [2.45, 2.75) is 64.2 Å². The quantitative estimate of drug-likeness (QED) is 0.191. The third-order valence-electron chi connectivity index (χ3n) is 5.56. The van der Waals surface area contributed by atoms with E-state index in [1.165, 1.54) is 6.92 Å². The summed E-state index contributed by atoms with van der Waals surface area (Å²) < 4.78 is 0. The van der Waals surface area contributed by atoms with E-state index >= 15 is 0 Å². The van der Waals surface area contributed by atoms with E-state index in [9.17, 15) is 24.0 Å². The van der Waals surface area contributed by atoms with E-state index in [1.54, 1.807) is 6.20 Å². The molecule has 1 aromatic carbocycles. The lowest BCUT2D eigenvalue weighted by molar-refractivity contribution is -0.142. The van der Waals surface area contributed by atoms with E-state index in [1.807, 2.05) is 38.1 Å². The van der Waals surface area contributed by atoms with Crippen molar-refractivity contribution in [3.05, 3.63) is 36.0 Å². The molecule has 4 unspecified atom stereocenters. The van der Waals surface area contributed by atoms with E-state index in [0.29, 0.717) is 0 Å². The second-order valence-corrected chi connectivity index (χ2v) is 9.16. The van der Waals surface area contributed by atoms with Crippen molar-refractivity contribution in [2.75, 3.05) is 0 Å². The van der Waals surface area contributed by atoms with Crippen molar-refractivity contribution >= 4 is 40.5 Å². The fraction of sp³-hybridized carbons (Fsp3) is 0.458. The first-order valence-corrected chi connectivity index (χ1v) is 11.6. The van der Waals surface area contributed by atoms with Crippen LogP contribution in [0.2, 0.25) is 0 Å². The van der Waals surface area contributed by atoms with E-state index in [-0.39, 0.29) is 18.8 Å². The molecule has 4 amide bonds. The van der Waals surface area contributed by atoms with Crippen LogP contribution in [0.15, 0.2) is 30.5 Å². The maximum absolute atomic E-state index is 13.0. The van der Waals surface area contributed by atoms with Crippen LogP contribution in [0, 0.1) is 5.92 Å². The Bertz CT molecular complexity index is 1110. The predicted molar refractivity (Wildman–Crippen MR) is 132 cm³/mol. The highest BCUT2D eigenvalue weighted by Gasteiger charge is 2.31. The van der Waals surface area contributed by atoms with Gasteiger partial charge in [-0.25, -0.2) is 0 Å². The van der Waals surface area contributed by atoms with E-state index in [0.717, 1.165) is 16.5 Å². The highest BCUT2D eigenvalue weighted by Crippen LogP contribution is 2.18. The Kier molecular flexibility index (Phi) is 9.97. The first-order chi connectivity index (χ1) is 16.9. The van der Waals surface area contributed by atoms with Crippen LogP contribution in [-0.4, -0.2) is 63.9 Å². The summed E-state index contributed by atoms with van der Waals surface area (Å²) in [7, 11) is 0. The lowest BCUT2D eigenvalue weighted by atomic mass is 10.0. The second-order valence-electron chi connectivity index (χ2n) is 9.16. The number of carboxylic acids is 1. The Hall–Kier alpha value is -3.93. The third-order valence-corrected chi connectivity index (χ3v) is 5.56. The molecule has 4 atom stereocenters. The molecule has 0 aliphatic carbocycles. The van der Waals surface area contributed by atoms with Gasteiger partial charge in [-0.1, -0.05) is 32.0 Å². The number of hydrogen-bond donors (Lipinski definition) is 7. The molecular formula is C24H34N6O6. The van der Waals surface area contributed by atoms with Crippen LogP contribution in [0.4, 0.5) is 0 Å². The minimum absolute atomic E-state index is 0.0324. The topological polar surface area (TPSA) is 209 Å². The van der Waals surface area contributed by atoms with Gasteiger partial charge in [0.05, 0.1) is 12.5 Å². The summed E-state index contributed by atoms with van der Waals surface area (Å²) in [6.07, 6.45) is 1.60. The summed E-state index contributed by atoms with van der Waals surface area (Å²) in [4.78, 5) is 64.1. The van der Waals surface area contributed by atoms with Gasteiger partial charge in [0.2, 0.25) is 23.6 Å². The molecule has 0 bridgehead atoms. The van der Waals surface area contributed by atoms with Gasteiger partial charge in [-0.15, -0.1) is 0 Å². The largest absolute Gasteiger partial charge is 0.480 e. The summed E-state index contributed by atoms with van der Waals surface area (Å²) in [5, 5.41) is 17.2. The number of carbonyl (C=O) groups is 5. The van der Waals surface area contributed by atoms with Crippen molar-refractivity contribution in [1.29, 1.82) is 0 Å². The smallest absolute Gasteiger partial charge is 0.325 e. The number of benzene rings is 1. The molecule has 0 aliphatic heterocycles. The monoisotopic (exact) mass is 502 g/mol. The minimum Gasteiger partial charge on any atom is -0.480 e. The number of amides is 4. The van der Waals surface area contributed by atoms with Gasteiger partial charge in [-0.2, -0.15) is 0 Å². The number of aromatic nitrogens is 1. The van der Waals surface area contributed by atoms with Crippen LogP contribution in [-0.2, 0) is 30.4 Å². The molecule has 0 aliphatic rings. The van der Waals surface area contributed by atoms with Crippen LogP contribution in [0.5, 0.6) is 0 Å². The number of hydrogen-bond acceptors (Lipinski definition) is 6. The number of para-hydroxylation sites is 1. The standard InChI is InChI=1S/C24H34N6O6/c1-12(2)8-18(22(33)28-13(3)24(35)36)30-23(34)19(10-20(26)31)29-21(32)16(25)9-14-11-27-17-7-5-4-6-15(14)17/h4-7,11-13,16,18-19,27H,8-10,25H2,1-3H3,(H2,26,31)(H,28,33)(H,29,32)(H,30,34)(H,35,36). The molecule has 196 valence electrons. The molecule has 9 N–H and O–H groups in total. The first kappa shape index (κ1) is 28.3. The average Bonchev–Trinajstić information content (AvgIpc) is 3.20. The lowest BCUT2D eigenvalue weighted by Gasteiger charge is -2.25. The van der Waals surface area contributed by atoms with Crippen molar-refractivity contribution in [3.63, 3.8) is 0 Å². The number of primary amides is 1. The zero-order valence-electron chi connectivity index (χ0n) is 20.5. The predicted octanol–water partition coefficient (Wildman–Crippen LogP) is -0.482. The van der Waals surface area contributed by atoms with Crippen LogP contribution >= 0.6 is 0 Å². The number of aliphatic carboxylic acids is 1. The zero-order chi connectivity index (χ0) is 27.0. The van der Waals surface area contributed by atoms with Crippen LogP contribution in [0.3, 0.4) is 0 Å². The summed E-state index contributed by atoms with van der Waals surface area (Å²) in [6.45, 7) is 4.93. The fourth-order valence-corrected chi connectivity index (χ4v) is 3.67. The molecule has 12 heteroatoms. The molecule has 0 spiro atoms. The number of nitrogens with one attached hydrogen (secondary N) is 4. The van der Waals surface area contributed by atoms with Gasteiger partial charge in [0.15, 0.2) is 0 Å². The summed E-state index contributed by atoms with van der Waals surface area (Å²) in [6, 6.07) is 2.84. The number of nitrogens with two attached hydrogens (primary N) is 2. The molecule has 0 radical (unpaired) electrons. The fourth-order valence-electron chi connectivity index (χ4n) is 3.67. The average molecular weight is 503 g/mol. The minimum atomic E-state index is -1.37. The molecular weight excluding hydrogens is 468 g/mol. The van der Waals surface area contributed by atoms with Crippen molar-refractivity contribution in [2.24, 2.45) is 17.4 Å². The van der Waals surface area contributed by atoms with E-state index in [2.05, 4.69) is 20.9 Å².